The van der Waals surface area contributed by atoms with E-state index in [1.165, 1.54) is 38.5 Å². The molecule has 0 spiro atoms. The average molecular weight is 289 g/mol. The molecule has 0 bridgehead atoms. The highest BCUT2D eigenvalue weighted by Crippen LogP contribution is 2.25. The van der Waals surface area contributed by atoms with Crippen molar-refractivity contribution in [2.24, 2.45) is 11.7 Å². The van der Waals surface area contributed by atoms with Crippen LogP contribution in [0.25, 0.3) is 0 Å². The van der Waals surface area contributed by atoms with E-state index in [4.69, 9.17) is 5.73 Å². The average Bonchev–Trinajstić information content (AvgIpc) is 2.56. The third kappa shape index (κ3) is 3.71. The summed E-state index contributed by atoms with van der Waals surface area (Å²) in [5.74, 6) is 1.52. The molecule has 5 nitrogen and oxygen atoms in total. The number of hydrogen-bond acceptors (Lipinski definition) is 5. The lowest BCUT2D eigenvalue weighted by molar-refractivity contribution is 0.237. The first kappa shape index (κ1) is 14.7. The molecule has 1 aromatic heterocycles. The molecular formula is C16H27N5. The zero-order chi connectivity index (χ0) is 14.5. The highest BCUT2D eigenvalue weighted by Gasteiger charge is 2.28. The minimum absolute atomic E-state index is 0.541. The van der Waals surface area contributed by atoms with E-state index in [0.29, 0.717) is 18.0 Å². The smallest absolute Gasteiger partial charge is 0.225 e. The van der Waals surface area contributed by atoms with Gasteiger partial charge in [-0.1, -0.05) is 12.8 Å². The van der Waals surface area contributed by atoms with E-state index in [1.54, 1.807) is 0 Å². The van der Waals surface area contributed by atoms with Gasteiger partial charge in [-0.25, -0.2) is 9.97 Å². The Morgan fingerprint density at radius 2 is 1.95 bits per heavy atom. The van der Waals surface area contributed by atoms with Crippen LogP contribution in [0, 0.1) is 5.92 Å². The van der Waals surface area contributed by atoms with Gasteiger partial charge in [-0.05, 0) is 44.2 Å². The number of aromatic nitrogens is 2. The first-order chi connectivity index (χ1) is 10.4. The zero-order valence-corrected chi connectivity index (χ0v) is 12.7. The number of anilines is 1. The number of hydrogen-bond donors (Lipinski definition) is 2. The first-order valence-corrected chi connectivity index (χ1v) is 8.35. The minimum atomic E-state index is 0.541. The number of nitrogens with one attached hydrogen (secondary N) is 1. The van der Waals surface area contributed by atoms with Crippen LogP contribution in [-0.2, 0) is 0 Å². The van der Waals surface area contributed by atoms with Crippen LogP contribution in [0.4, 0.5) is 5.95 Å². The molecule has 1 saturated carbocycles. The van der Waals surface area contributed by atoms with Crippen LogP contribution in [0.3, 0.4) is 0 Å². The molecule has 3 unspecified atom stereocenters. The molecule has 1 saturated heterocycles. The van der Waals surface area contributed by atoms with Crippen molar-refractivity contribution in [3.63, 3.8) is 0 Å². The summed E-state index contributed by atoms with van der Waals surface area (Å²) in [4.78, 5) is 11.1. The van der Waals surface area contributed by atoms with Crippen LogP contribution < -0.4 is 16.0 Å². The van der Waals surface area contributed by atoms with E-state index in [9.17, 15) is 0 Å². The summed E-state index contributed by atoms with van der Waals surface area (Å²) in [6.45, 7) is 2.89. The Morgan fingerprint density at radius 1 is 1.14 bits per heavy atom. The molecule has 2 heterocycles. The van der Waals surface area contributed by atoms with Crippen molar-refractivity contribution in [2.75, 3.05) is 24.5 Å². The Morgan fingerprint density at radius 3 is 2.76 bits per heavy atom. The molecule has 1 aliphatic heterocycles. The SMILES string of the molecule is NCC1CCCCC1NC1CCCN(c2ncccn2)C1. The molecule has 0 aromatic carbocycles. The maximum atomic E-state index is 5.95. The van der Waals surface area contributed by atoms with Gasteiger partial charge in [0.1, 0.15) is 0 Å². The summed E-state index contributed by atoms with van der Waals surface area (Å²) in [7, 11) is 0. The van der Waals surface area contributed by atoms with Gasteiger partial charge in [0, 0.05) is 37.6 Å². The molecular weight excluding hydrogens is 262 g/mol. The molecule has 2 fully saturated rings. The van der Waals surface area contributed by atoms with Gasteiger partial charge in [0.05, 0.1) is 0 Å². The van der Waals surface area contributed by atoms with Gasteiger partial charge >= 0.3 is 0 Å². The Kier molecular flexibility index (Phi) is 5.04. The quantitative estimate of drug-likeness (QED) is 0.880. The molecule has 1 aromatic rings. The standard InChI is InChI=1S/C16H27N5/c17-11-13-5-1-2-7-15(13)20-14-6-3-10-21(12-14)16-18-8-4-9-19-16/h4,8-9,13-15,20H,1-3,5-7,10-12,17H2. The Bertz CT molecular complexity index is 424. The Labute approximate surface area is 127 Å². The van der Waals surface area contributed by atoms with Crippen molar-refractivity contribution in [3.05, 3.63) is 18.5 Å². The summed E-state index contributed by atoms with van der Waals surface area (Å²) >= 11 is 0. The lowest BCUT2D eigenvalue weighted by Gasteiger charge is -2.39. The van der Waals surface area contributed by atoms with Gasteiger partial charge in [-0.15, -0.1) is 0 Å². The number of rotatable bonds is 4. The monoisotopic (exact) mass is 289 g/mol. The van der Waals surface area contributed by atoms with Gasteiger partial charge < -0.3 is 16.0 Å². The molecule has 5 heteroatoms. The van der Waals surface area contributed by atoms with Crippen LogP contribution in [0.1, 0.15) is 38.5 Å². The third-order valence-corrected chi connectivity index (χ3v) is 4.92. The van der Waals surface area contributed by atoms with Gasteiger partial charge in [-0.2, -0.15) is 0 Å². The van der Waals surface area contributed by atoms with Crippen molar-refractivity contribution >= 4 is 5.95 Å². The fraction of sp³-hybridized carbons (Fsp3) is 0.750. The van der Waals surface area contributed by atoms with Gasteiger partial charge in [0.15, 0.2) is 0 Å². The zero-order valence-electron chi connectivity index (χ0n) is 12.7. The molecule has 21 heavy (non-hydrogen) atoms. The fourth-order valence-corrected chi connectivity index (χ4v) is 3.76. The normalized spacial score (nSPS) is 30.3. The maximum Gasteiger partial charge on any atom is 0.225 e. The number of nitrogens with two attached hydrogens (primary N) is 1. The van der Waals surface area contributed by atoms with E-state index in [-0.39, 0.29) is 0 Å². The first-order valence-electron chi connectivity index (χ1n) is 8.35. The maximum absolute atomic E-state index is 5.95. The Balaban J connectivity index is 1.58. The Hall–Kier alpha value is -1.20. The van der Waals surface area contributed by atoms with E-state index >= 15 is 0 Å². The highest BCUT2D eigenvalue weighted by atomic mass is 15.3. The summed E-state index contributed by atoms with van der Waals surface area (Å²) in [5.41, 5.74) is 5.95. The molecule has 3 N–H and O–H groups in total. The summed E-state index contributed by atoms with van der Waals surface area (Å²) in [5, 5.41) is 3.88. The summed E-state index contributed by atoms with van der Waals surface area (Å²) in [6, 6.07) is 3.02. The molecule has 3 atom stereocenters. The van der Waals surface area contributed by atoms with Crippen molar-refractivity contribution in [1.29, 1.82) is 0 Å². The topological polar surface area (TPSA) is 67.1 Å². The molecule has 0 amide bonds. The second kappa shape index (κ2) is 7.18. The van der Waals surface area contributed by atoms with E-state index < -0.39 is 0 Å². The van der Waals surface area contributed by atoms with Crippen LogP contribution in [0.15, 0.2) is 18.5 Å². The molecule has 1 aliphatic carbocycles. The van der Waals surface area contributed by atoms with Crippen LogP contribution in [-0.4, -0.2) is 41.7 Å². The lowest BCUT2D eigenvalue weighted by Crippen LogP contribution is -2.53. The number of nitrogens with zero attached hydrogens (tertiary/aromatic N) is 3. The van der Waals surface area contributed by atoms with Gasteiger partial charge in [0.2, 0.25) is 5.95 Å². The van der Waals surface area contributed by atoms with Crippen LogP contribution in [0.2, 0.25) is 0 Å². The van der Waals surface area contributed by atoms with E-state index in [2.05, 4.69) is 20.2 Å². The van der Waals surface area contributed by atoms with Crippen molar-refractivity contribution in [3.8, 4) is 0 Å². The molecule has 2 aliphatic rings. The van der Waals surface area contributed by atoms with Crippen LogP contribution >= 0.6 is 0 Å². The second-order valence-corrected chi connectivity index (χ2v) is 6.39. The lowest BCUT2D eigenvalue weighted by atomic mass is 9.84. The van der Waals surface area contributed by atoms with E-state index in [0.717, 1.165) is 25.6 Å². The summed E-state index contributed by atoms with van der Waals surface area (Å²) < 4.78 is 0. The molecule has 0 radical (unpaired) electrons. The van der Waals surface area contributed by atoms with Crippen molar-refractivity contribution in [2.45, 2.75) is 50.6 Å². The fourth-order valence-electron chi connectivity index (χ4n) is 3.76. The molecule has 116 valence electrons. The van der Waals surface area contributed by atoms with Crippen molar-refractivity contribution < 1.29 is 0 Å². The highest BCUT2D eigenvalue weighted by molar-refractivity contribution is 5.29. The van der Waals surface area contributed by atoms with Crippen molar-refractivity contribution in [1.82, 2.24) is 15.3 Å². The second-order valence-electron chi connectivity index (χ2n) is 6.39. The number of piperidine rings is 1. The largest absolute Gasteiger partial charge is 0.339 e. The predicted octanol–water partition coefficient (Wildman–Crippen LogP) is 1.55. The van der Waals surface area contributed by atoms with E-state index in [1.807, 2.05) is 18.5 Å². The predicted molar refractivity (Wildman–Crippen MR) is 85.2 cm³/mol. The summed E-state index contributed by atoms with van der Waals surface area (Å²) in [6.07, 6.45) is 11.3. The third-order valence-electron chi connectivity index (χ3n) is 4.92. The molecule has 3 rings (SSSR count). The van der Waals surface area contributed by atoms with Gasteiger partial charge in [-0.3, -0.25) is 0 Å². The van der Waals surface area contributed by atoms with Gasteiger partial charge in [0.25, 0.3) is 0 Å². The van der Waals surface area contributed by atoms with Crippen LogP contribution in [0.5, 0.6) is 0 Å². The minimum Gasteiger partial charge on any atom is -0.339 e.